The third-order valence-corrected chi connectivity index (χ3v) is 1.11. The molecule has 0 radical (unpaired) electrons. The molecule has 0 saturated carbocycles. The van der Waals surface area contributed by atoms with Gasteiger partial charge in [0.25, 0.3) is 0 Å². The summed E-state index contributed by atoms with van der Waals surface area (Å²) in [7, 11) is 0. The van der Waals surface area contributed by atoms with Crippen molar-refractivity contribution in [3.63, 3.8) is 0 Å². The van der Waals surface area contributed by atoms with Crippen molar-refractivity contribution in [3.8, 4) is 0 Å². The largest absolute Gasteiger partial charge is 1.00 e. The molecule has 0 atom stereocenters. The first kappa shape index (κ1) is 14.2. The zero-order valence-electron chi connectivity index (χ0n) is 6.47. The van der Waals surface area contributed by atoms with Crippen molar-refractivity contribution in [2.24, 2.45) is 0 Å². The average Bonchev–Trinajstić information content (AvgIpc) is 2.67. The Morgan fingerprint density at radius 1 is 0.583 bits per heavy atom. The Morgan fingerprint density at radius 2 is 0.833 bits per heavy atom. The van der Waals surface area contributed by atoms with Crippen LogP contribution in [-0.4, -0.2) is 0 Å². The first-order valence-corrected chi connectivity index (χ1v) is 3.33. The van der Waals surface area contributed by atoms with E-state index in [0.717, 1.165) is 0 Å². The van der Waals surface area contributed by atoms with Gasteiger partial charge in [0, 0.05) is 21.1 Å². The van der Waals surface area contributed by atoms with E-state index < -0.39 is 0 Å². The average molecular weight is 361 g/mol. The van der Waals surface area contributed by atoms with Crippen LogP contribution < -0.4 is 12.4 Å². The zero-order valence-corrected chi connectivity index (χ0v) is 9.50. The van der Waals surface area contributed by atoms with Crippen molar-refractivity contribution in [1.29, 1.82) is 0 Å². The van der Waals surface area contributed by atoms with Crippen molar-refractivity contribution in [3.05, 3.63) is 60.7 Å². The SMILES string of the molecule is [Cl-].[Pt].c1cc[cH-]c1.c1cc[cH-]c1. The van der Waals surface area contributed by atoms with E-state index in [1.54, 1.807) is 0 Å². The fourth-order valence-corrected chi connectivity index (χ4v) is 0.642. The van der Waals surface area contributed by atoms with E-state index in [2.05, 4.69) is 0 Å². The van der Waals surface area contributed by atoms with Crippen LogP contribution in [0.2, 0.25) is 0 Å². The molecule has 2 rings (SSSR count). The minimum Gasteiger partial charge on any atom is -1.00 e. The second-order valence-electron chi connectivity index (χ2n) is 1.92. The van der Waals surface area contributed by atoms with Crippen molar-refractivity contribution >= 4 is 0 Å². The maximum atomic E-state index is 2.00. The molecule has 0 amide bonds. The van der Waals surface area contributed by atoms with E-state index in [1.807, 2.05) is 60.7 Å². The Kier molecular flexibility index (Phi) is 12.7. The summed E-state index contributed by atoms with van der Waals surface area (Å²) < 4.78 is 0. The Bertz CT molecular complexity index is 149. The van der Waals surface area contributed by atoms with Crippen LogP contribution in [0.4, 0.5) is 0 Å². The summed E-state index contributed by atoms with van der Waals surface area (Å²) in [5.41, 5.74) is 0. The molecule has 0 bridgehead atoms. The molecule has 0 fully saturated rings. The normalized spacial score (nSPS) is 6.67. The van der Waals surface area contributed by atoms with Crippen LogP contribution in [0.25, 0.3) is 0 Å². The summed E-state index contributed by atoms with van der Waals surface area (Å²) in [5.74, 6) is 0. The van der Waals surface area contributed by atoms with Gasteiger partial charge in [0.2, 0.25) is 0 Å². The van der Waals surface area contributed by atoms with E-state index in [-0.39, 0.29) is 33.5 Å². The Balaban J connectivity index is 0. The van der Waals surface area contributed by atoms with E-state index in [1.165, 1.54) is 0 Å². The van der Waals surface area contributed by atoms with Crippen molar-refractivity contribution in [1.82, 2.24) is 0 Å². The molecular formula is C10H10ClPt-3. The Morgan fingerprint density at radius 3 is 0.917 bits per heavy atom. The molecule has 0 nitrogen and oxygen atoms in total. The summed E-state index contributed by atoms with van der Waals surface area (Å²) in [6.45, 7) is 0. The Labute approximate surface area is 94.0 Å². The van der Waals surface area contributed by atoms with Gasteiger partial charge in [0.15, 0.2) is 0 Å². The van der Waals surface area contributed by atoms with Gasteiger partial charge in [-0.05, 0) is 0 Å². The van der Waals surface area contributed by atoms with E-state index in [0.29, 0.717) is 0 Å². The van der Waals surface area contributed by atoms with Crippen LogP contribution in [0, 0.1) is 0 Å². The van der Waals surface area contributed by atoms with Gasteiger partial charge in [-0.1, -0.05) is 0 Å². The van der Waals surface area contributed by atoms with Gasteiger partial charge < -0.3 is 12.4 Å². The third-order valence-electron chi connectivity index (χ3n) is 1.11. The van der Waals surface area contributed by atoms with E-state index in [4.69, 9.17) is 0 Å². The molecule has 0 aliphatic rings. The maximum Gasteiger partial charge on any atom is 0 e. The molecule has 0 aliphatic carbocycles. The van der Waals surface area contributed by atoms with Gasteiger partial charge in [-0.3, -0.25) is 0 Å². The van der Waals surface area contributed by atoms with E-state index in [9.17, 15) is 0 Å². The summed E-state index contributed by atoms with van der Waals surface area (Å²) in [6, 6.07) is 20.0. The van der Waals surface area contributed by atoms with Crippen molar-refractivity contribution < 1.29 is 33.5 Å². The molecule has 0 saturated heterocycles. The summed E-state index contributed by atoms with van der Waals surface area (Å²) in [5, 5.41) is 0. The standard InChI is InChI=1S/2C5H5.ClH.Pt/c2*1-2-4-5-3-1;;/h2*1-5H;1H;/q2*-1;;/p-1. The molecule has 0 unspecified atom stereocenters. The Hall–Kier alpha value is -0.322. The maximum absolute atomic E-state index is 2.00. The predicted molar refractivity (Wildman–Crippen MR) is 44.1 cm³/mol. The molecule has 2 aromatic rings. The molecule has 0 spiro atoms. The van der Waals surface area contributed by atoms with Crippen molar-refractivity contribution in [2.45, 2.75) is 0 Å². The molecule has 0 N–H and O–H groups in total. The van der Waals surface area contributed by atoms with Crippen LogP contribution in [0.15, 0.2) is 60.7 Å². The number of hydrogen-bond acceptors (Lipinski definition) is 0. The topological polar surface area (TPSA) is 0 Å². The zero-order chi connectivity index (χ0) is 7.07. The van der Waals surface area contributed by atoms with Crippen LogP contribution in [0.3, 0.4) is 0 Å². The summed E-state index contributed by atoms with van der Waals surface area (Å²) in [6.07, 6.45) is 0. The van der Waals surface area contributed by atoms with Gasteiger partial charge in [0.1, 0.15) is 0 Å². The van der Waals surface area contributed by atoms with Gasteiger partial charge in [0.05, 0.1) is 0 Å². The molecule has 2 heteroatoms. The number of rotatable bonds is 0. The summed E-state index contributed by atoms with van der Waals surface area (Å²) >= 11 is 0. The second-order valence-corrected chi connectivity index (χ2v) is 1.92. The molecule has 0 aliphatic heterocycles. The molecule has 70 valence electrons. The smallest absolute Gasteiger partial charge is 0 e. The third kappa shape index (κ3) is 7.78. The molecular weight excluding hydrogens is 351 g/mol. The number of halogens is 1. The van der Waals surface area contributed by atoms with Crippen LogP contribution >= 0.6 is 0 Å². The second kappa shape index (κ2) is 10.7. The minimum absolute atomic E-state index is 0. The quantitative estimate of drug-likeness (QED) is 0.572. The molecule has 0 heterocycles. The fraction of sp³-hybridized carbons (Fsp3) is 0. The molecule has 2 aromatic carbocycles. The fourth-order valence-electron chi connectivity index (χ4n) is 0.642. The minimum atomic E-state index is 0. The van der Waals surface area contributed by atoms with Crippen LogP contribution in [0.5, 0.6) is 0 Å². The predicted octanol–water partition coefficient (Wildman–Crippen LogP) is -0.187. The van der Waals surface area contributed by atoms with Crippen molar-refractivity contribution in [2.75, 3.05) is 0 Å². The van der Waals surface area contributed by atoms with Gasteiger partial charge in [-0.25, -0.2) is 24.3 Å². The first-order valence-electron chi connectivity index (χ1n) is 3.33. The van der Waals surface area contributed by atoms with Gasteiger partial charge in [-0.15, -0.1) is 0 Å². The molecule has 12 heavy (non-hydrogen) atoms. The van der Waals surface area contributed by atoms with E-state index >= 15 is 0 Å². The monoisotopic (exact) mass is 360 g/mol. The number of hydrogen-bond donors (Lipinski definition) is 0. The van der Waals surface area contributed by atoms with Gasteiger partial charge >= 0.3 is 0 Å². The van der Waals surface area contributed by atoms with Gasteiger partial charge in [-0.2, -0.15) is 36.4 Å². The first-order chi connectivity index (χ1) is 5.00. The van der Waals surface area contributed by atoms with Crippen LogP contribution in [-0.2, 0) is 21.1 Å². The van der Waals surface area contributed by atoms with Crippen LogP contribution in [0.1, 0.15) is 0 Å². The molecule has 0 aromatic heterocycles. The summed E-state index contributed by atoms with van der Waals surface area (Å²) in [4.78, 5) is 0.